The molecule has 1 amide bonds. The summed E-state index contributed by atoms with van der Waals surface area (Å²) in [6, 6.07) is 7.07. The molecule has 9 heteroatoms. The Balaban J connectivity index is 1.47. The fourth-order valence-electron chi connectivity index (χ4n) is 3.53. The van der Waals surface area contributed by atoms with Gasteiger partial charge < -0.3 is 24.6 Å². The number of ether oxygens (including phenoxy) is 2. The number of carbonyl (C=O) groups is 1. The molecule has 0 bridgehead atoms. The van der Waals surface area contributed by atoms with E-state index in [0.29, 0.717) is 45.1 Å². The Labute approximate surface area is 169 Å². The van der Waals surface area contributed by atoms with Gasteiger partial charge in [0.2, 0.25) is 0 Å². The minimum atomic E-state index is -2.50. The van der Waals surface area contributed by atoms with Crippen LogP contribution in [0.4, 0.5) is 8.78 Å². The zero-order chi connectivity index (χ0) is 20.6. The molecule has 2 fully saturated rings. The minimum Gasteiger partial charge on any atom is -0.488 e. The van der Waals surface area contributed by atoms with Crippen molar-refractivity contribution >= 4 is 11.9 Å². The van der Waals surface area contributed by atoms with Gasteiger partial charge in [-0.25, -0.2) is 8.78 Å². The van der Waals surface area contributed by atoms with Crippen LogP contribution in [0.3, 0.4) is 0 Å². The summed E-state index contributed by atoms with van der Waals surface area (Å²) in [5.41, 5.74) is 0.908. The number of nitrogens with zero attached hydrogens (tertiary/aromatic N) is 3. The van der Waals surface area contributed by atoms with Crippen molar-refractivity contribution in [2.75, 3.05) is 46.4 Å². The van der Waals surface area contributed by atoms with Crippen LogP contribution in [0.1, 0.15) is 18.4 Å². The van der Waals surface area contributed by atoms with Crippen LogP contribution in [0.15, 0.2) is 29.3 Å². The highest BCUT2D eigenvalue weighted by molar-refractivity contribution is 5.82. The molecular formula is C20H28F2N4O3. The highest BCUT2D eigenvalue weighted by Gasteiger charge is 2.30. The molecular weight excluding hydrogens is 382 g/mol. The molecule has 0 aliphatic carbocycles. The molecule has 160 valence electrons. The average molecular weight is 410 g/mol. The molecule has 1 atom stereocenters. The molecule has 2 heterocycles. The molecule has 1 aromatic rings. The van der Waals surface area contributed by atoms with Crippen molar-refractivity contribution in [3.63, 3.8) is 0 Å². The lowest BCUT2D eigenvalue weighted by Crippen LogP contribution is -2.55. The maximum Gasteiger partial charge on any atom is 0.272 e. The van der Waals surface area contributed by atoms with Gasteiger partial charge in [-0.15, -0.1) is 0 Å². The monoisotopic (exact) mass is 410 g/mol. The van der Waals surface area contributed by atoms with Crippen molar-refractivity contribution < 1.29 is 23.0 Å². The number of halogens is 2. The smallest absolute Gasteiger partial charge is 0.272 e. The van der Waals surface area contributed by atoms with Gasteiger partial charge in [0.15, 0.2) is 5.96 Å². The maximum atomic E-state index is 12.5. The third kappa shape index (κ3) is 6.03. The molecule has 29 heavy (non-hydrogen) atoms. The third-order valence-corrected chi connectivity index (χ3v) is 5.03. The van der Waals surface area contributed by atoms with Gasteiger partial charge in [-0.05, 0) is 30.5 Å². The first-order chi connectivity index (χ1) is 14.1. The number of guanidine groups is 1. The van der Waals surface area contributed by atoms with Crippen LogP contribution in [0.2, 0.25) is 0 Å². The minimum absolute atomic E-state index is 0.0886. The summed E-state index contributed by atoms with van der Waals surface area (Å²) in [5, 5.41) is 3.29. The van der Waals surface area contributed by atoms with Gasteiger partial charge in [0, 0.05) is 46.4 Å². The maximum absolute atomic E-state index is 12.5. The predicted molar refractivity (Wildman–Crippen MR) is 105 cm³/mol. The summed E-state index contributed by atoms with van der Waals surface area (Å²) in [4.78, 5) is 20.8. The number of alkyl halides is 2. The second-order valence-corrected chi connectivity index (χ2v) is 7.06. The first kappa shape index (κ1) is 21.3. The Bertz CT molecular complexity index is 703. The molecule has 3 rings (SSSR count). The van der Waals surface area contributed by atoms with Crippen LogP contribution in [0, 0.1) is 0 Å². The van der Waals surface area contributed by atoms with E-state index in [1.807, 2.05) is 11.0 Å². The van der Waals surface area contributed by atoms with Crippen molar-refractivity contribution in [1.29, 1.82) is 0 Å². The topological polar surface area (TPSA) is 66.4 Å². The predicted octanol–water partition coefficient (Wildman–Crippen LogP) is 1.73. The van der Waals surface area contributed by atoms with Crippen LogP contribution in [0.25, 0.3) is 0 Å². The van der Waals surface area contributed by atoms with Crippen molar-refractivity contribution in [2.24, 2.45) is 4.99 Å². The van der Waals surface area contributed by atoms with Gasteiger partial charge in [0.05, 0.1) is 0 Å². The standard InChI is InChI=1S/C20H28F2N4O3/c1-23-20(24-13-15-4-2-5-16(12-15)29-14-18(21)22)26-9-7-25(8-10-26)19(27)17-6-3-11-28-17/h2,4-5,12,17-18H,3,6-11,13-14H2,1H3,(H,23,24). The van der Waals surface area contributed by atoms with Crippen LogP contribution < -0.4 is 10.1 Å². The number of aliphatic imine (C=N–C) groups is 1. The van der Waals surface area contributed by atoms with E-state index in [2.05, 4.69) is 15.2 Å². The van der Waals surface area contributed by atoms with Crippen LogP contribution >= 0.6 is 0 Å². The van der Waals surface area contributed by atoms with Gasteiger partial charge in [-0.3, -0.25) is 9.79 Å². The zero-order valence-electron chi connectivity index (χ0n) is 16.7. The number of carbonyl (C=O) groups excluding carboxylic acids is 1. The quantitative estimate of drug-likeness (QED) is 0.572. The summed E-state index contributed by atoms with van der Waals surface area (Å²) in [5.74, 6) is 1.25. The average Bonchev–Trinajstić information content (AvgIpc) is 3.28. The normalized spacial score (nSPS) is 20.3. The van der Waals surface area contributed by atoms with Crippen LogP contribution in [-0.2, 0) is 16.1 Å². The third-order valence-electron chi connectivity index (χ3n) is 5.03. The van der Waals surface area contributed by atoms with Crippen molar-refractivity contribution in [3.05, 3.63) is 29.8 Å². The summed E-state index contributed by atoms with van der Waals surface area (Å²) in [6.45, 7) is 3.19. The molecule has 2 saturated heterocycles. The molecule has 7 nitrogen and oxygen atoms in total. The van der Waals surface area contributed by atoms with Crippen molar-refractivity contribution in [2.45, 2.75) is 31.9 Å². The van der Waals surface area contributed by atoms with E-state index < -0.39 is 13.0 Å². The molecule has 0 radical (unpaired) electrons. The van der Waals surface area contributed by atoms with E-state index in [9.17, 15) is 13.6 Å². The number of nitrogens with one attached hydrogen (secondary N) is 1. The number of hydrogen-bond donors (Lipinski definition) is 1. The van der Waals surface area contributed by atoms with Crippen LogP contribution in [0.5, 0.6) is 5.75 Å². The lowest BCUT2D eigenvalue weighted by Gasteiger charge is -2.37. The van der Waals surface area contributed by atoms with Gasteiger partial charge in [-0.2, -0.15) is 0 Å². The number of rotatable bonds is 6. The van der Waals surface area contributed by atoms with Gasteiger partial charge in [-0.1, -0.05) is 12.1 Å². The van der Waals surface area contributed by atoms with E-state index in [1.54, 1.807) is 25.2 Å². The molecule has 0 saturated carbocycles. The highest BCUT2D eigenvalue weighted by atomic mass is 19.3. The molecule has 0 spiro atoms. The number of amides is 1. The lowest BCUT2D eigenvalue weighted by atomic mass is 10.2. The highest BCUT2D eigenvalue weighted by Crippen LogP contribution is 2.17. The zero-order valence-corrected chi connectivity index (χ0v) is 16.7. The van der Waals surface area contributed by atoms with E-state index in [1.165, 1.54) is 0 Å². The van der Waals surface area contributed by atoms with Crippen molar-refractivity contribution in [3.8, 4) is 5.75 Å². The van der Waals surface area contributed by atoms with Crippen molar-refractivity contribution in [1.82, 2.24) is 15.1 Å². The van der Waals surface area contributed by atoms with E-state index >= 15 is 0 Å². The number of benzene rings is 1. The Kier molecular flexibility index (Phi) is 7.62. The first-order valence-electron chi connectivity index (χ1n) is 9.92. The Morgan fingerprint density at radius 1 is 1.31 bits per heavy atom. The number of piperazine rings is 1. The van der Waals surface area contributed by atoms with Gasteiger partial charge in [0.1, 0.15) is 18.5 Å². The first-order valence-corrected chi connectivity index (χ1v) is 9.92. The summed E-state index contributed by atoms with van der Waals surface area (Å²) in [6.07, 6.45) is -1.02. The molecule has 1 N–H and O–H groups in total. The van der Waals surface area contributed by atoms with Gasteiger partial charge >= 0.3 is 0 Å². The fourth-order valence-corrected chi connectivity index (χ4v) is 3.53. The lowest BCUT2D eigenvalue weighted by molar-refractivity contribution is -0.142. The SMILES string of the molecule is CN=C(NCc1cccc(OCC(F)F)c1)N1CCN(C(=O)C2CCCO2)CC1. The molecule has 1 unspecified atom stereocenters. The molecule has 0 aromatic heterocycles. The second-order valence-electron chi connectivity index (χ2n) is 7.06. The van der Waals surface area contributed by atoms with E-state index in [4.69, 9.17) is 9.47 Å². The summed E-state index contributed by atoms with van der Waals surface area (Å²) in [7, 11) is 1.72. The van der Waals surface area contributed by atoms with Crippen LogP contribution in [-0.4, -0.2) is 80.6 Å². The van der Waals surface area contributed by atoms with E-state index in [-0.39, 0.29) is 12.0 Å². The molecule has 2 aliphatic heterocycles. The summed E-state index contributed by atoms with van der Waals surface area (Å²) < 4.78 is 35.2. The fraction of sp³-hybridized carbons (Fsp3) is 0.600. The largest absolute Gasteiger partial charge is 0.488 e. The number of hydrogen-bond acceptors (Lipinski definition) is 4. The van der Waals surface area contributed by atoms with E-state index in [0.717, 1.165) is 24.4 Å². The Morgan fingerprint density at radius 2 is 2.07 bits per heavy atom. The van der Waals surface area contributed by atoms with Gasteiger partial charge in [0.25, 0.3) is 12.3 Å². The molecule has 2 aliphatic rings. The second kappa shape index (κ2) is 10.4. The Hall–Kier alpha value is -2.42. The summed E-state index contributed by atoms with van der Waals surface area (Å²) >= 11 is 0. The Morgan fingerprint density at radius 3 is 2.72 bits per heavy atom. The molecule has 1 aromatic carbocycles.